The second kappa shape index (κ2) is 5.13. The van der Waals surface area contributed by atoms with Gasteiger partial charge in [0.15, 0.2) is 0 Å². The van der Waals surface area contributed by atoms with E-state index in [1.54, 1.807) is 12.1 Å². The van der Waals surface area contributed by atoms with Gasteiger partial charge < -0.3 is 10.4 Å². The molecule has 7 heteroatoms. The number of hydrogen-bond donors (Lipinski definition) is 2. The molecule has 0 bridgehead atoms. The molecule has 1 heterocycles. The van der Waals surface area contributed by atoms with Crippen LogP contribution in [0.3, 0.4) is 0 Å². The minimum Gasteiger partial charge on any atom is -0.506 e. The van der Waals surface area contributed by atoms with Gasteiger partial charge in [-0.15, -0.1) is 0 Å². The maximum atomic E-state index is 11.8. The number of anilines is 1. The van der Waals surface area contributed by atoms with Gasteiger partial charge >= 0.3 is 0 Å². The highest BCUT2D eigenvalue weighted by Gasteiger charge is 2.14. The molecule has 0 saturated carbocycles. The Morgan fingerprint density at radius 2 is 2.11 bits per heavy atom. The number of benzene rings is 1. The monoisotopic (exact) mass is 259 g/mol. The maximum Gasteiger partial charge on any atom is 0.274 e. The Morgan fingerprint density at radius 1 is 1.32 bits per heavy atom. The lowest BCUT2D eigenvalue weighted by Gasteiger charge is -2.06. The Bertz CT molecular complexity index is 628. The highest BCUT2D eigenvalue weighted by Crippen LogP contribution is 2.28. The fourth-order valence-electron chi connectivity index (χ4n) is 1.42. The summed E-state index contributed by atoms with van der Waals surface area (Å²) in [7, 11) is 0. The number of nitro benzene ring substituents is 1. The van der Waals surface area contributed by atoms with Crippen molar-refractivity contribution in [3.05, 3.63) is 58.4 Å². The lowest BCUT2D eigenvalue weighted by Crippen LogP contribution is -2.13. The number of phenols is 1. The van der Waals surface area contributed by atoms with Gasteiger partial charge in [0.2, 0.25) is 0 Å². The van der Waals surface area contributed by atoms with Gasteiger partial charge in [-0.25, -0.2) is 0 Å². The molecule has 0 saturated heterocycles. The van der Waals surface area contributed by atoms with E-state index in [4.69, 9.17) is 0 Å². The number of aromatic hydroxyl groups is 1. The van der Waals surface area contributed by atoms with Crippen LogP contribution < -0.4 is 5.32 Å². The van der Waals surface area contributed by atoms with E-state index in [9.17, 15) is 20.0 Å². The first kappa shape index (κ1) is 12.5. The summed E-state index contributed by atoms with van der Waals surface area (Å²) in [5.41, 5.74) is -0.118. The van der Waals surface area contributed by atoms with Crippen molar-refractivity contribution in [2.24, 2.45) is 0 Å². The van der Waals surface area contributed by atoms with Crippen LogP contribution in [-0.2, 0) is 0 Å². The molecule has 1 aromatic carbocycles. The molecule has 0 aliphatic carbocycles. The number of pyridine rings is 1. The first-order chi connectivity index (χ1) is 9.08. The van der Waals surface area contributed by atoms with Crippen LogP contribution in [-0.4, -0.2) is 20.9 Å². The van der Waals surface area contributed by atoms with Gasteiger partial charge in [-0.2, -0.15) is 0 Å². The van der Waals surface area contributed by atoms with Crippen molar-refractivity contribution in [1.29, 1.82) is 0 Å². The van der Waals surface area contributed by atoms with Gasteiger partial charge in [0.05, 0.1) is 10.6 Å². The Balaban J connectivity index is 2.26. The van der Waals surface area contributed by atoms with Gasteiger partial charge in [-0.05, 0) is 18.2 Å². The number of rotatable bonds is 3. The Morgan fingerprint density at radius 3 is 2.74 bits per heavy atom. The molecule has 1 amide bonds. The van der Waals surface area contributed by atoms with Crippen molar-refractivity contribution in [3.63, 3.8) is 0 Å². The summed E-state index contributed by atoms with van der Waals surface area (Å²) in [6, 6.07) is 8.15. The maximum absolute atomic E-state index is 11.8. The number of hydrogen-bond acceptors (Lipinski definition) is 5. The lowest BCUT2D eigenvalue weighted by atomic mass is 10.2. The second-order valence-corrected chi connectivity index (χ2v) is 3.63. The summed E-state index contributed by atoms with van der Waals surface area (Å²) in [6.07, 6.45) is 1.45. The highest BCUT2D eigenvalue weighted by atomic mass is 16.6. The van der Waals surface area contributed by atoms with Crippen molar-refractivity contribution in [2.75, 3.05) is 5.32 Å². The number of amides is 1. The van der Waals surface area contributed by atoms with Gasteiger partial charge in [0.1, 0.15) is 11.4 Å². The molecule has 0 spiro atoms. The van der Waals surface area contributed by atoms with Crippen LogP contribution in [0.5, 0.6) is 5.75 Å². The molecule has 0 atom stereocenters. The Hall–Kier alpha value is -2.96. The van der Waals surface area contributed by atoms with Gasteiger partial charge in [0.25, 0.3) is 11.6 Å². The number of nitro groups is 1. The van der Waals surface area contributed by atoms with Crippen molar-refractivity contribution in [2.45, 2.75) is 0 Å². The highest BCUT2D eigenvalue weighted by molar-refractivity contribution is 6.03. The molecule has 0 aliphatic rings. The fourth-order valence-corrected chi connectivity index (χ4v) is 1.42. The van der Waals surface area contributed by atoms with E-state index < -0.39 is 10.8 Å². The quantitative estimate of drug-likeness (QED) is 0.498. The molecule has 0 unspecified atom stereocenters. The van der Waals surface area contributed by atoms with E-state index in [0.29, 0.717) is 0 Å². The fraction of sp³-hybridized carbons (Fsp3) is 0. The van der Waals surface area contributed by atoms with Crippen LogP contribution in [0.2, 0.25) is 0 Å². The zero-order valence-electron chi connectivity index (χ0n) is 9.61. The number of nitrogens with one attached hydrogen (secondary N) is 1. The topological polar surface area (TPSA) is 105 Å². The van der Waals surface area contributed by atoms with Crippen molar-refractivity contribution in [3.8, 4) is 5.75 Å². The van der Waals surface area contributed by atoms with Gasteiger partial charge in [-0.3, -0.25) is 19.9 Å². The number of aromatic nitrogens is 1. The summed E-state index contributed by atoms with van der Waals surface area (Å²) < 4.78 is 0. The van der Waals surface area contributed by atoms with Crippen molar-refractivity contribution >= 4 is 17.3 Å². The summed E-state index contributed by atoms with van der Waals surface area (Å²) in [6.45, 7) is 0. The zero-order valence-corrected chi connectivity index (χ0v) is 9.61. The number of carbonyl (C=O) groups excluding carboxylic acids is 1. The number of nitrogens with zero attached hydrogens (tertiary/aromatic N) is 2. The average molecular weight is 259 g/mol. The number of phenolic OH excluding ortho intramolecular Hbond substituents is 1. The summed E-state index contributed by atoms with van der Waals surface area (Å²) in [5.74, 6) is -0.814. The average Bonchev–Trinajstić information content (AvgIpc) is 2.42. The number of non-ortho nitro benzene ring substituents is 1. The minimum atomic E-state index is -0.615. The van der Waals surface area contributed by atoms with E-state index in [-0.39, 0.29) is 22.8 Å². The molecular formula is C12H9N3O4. The van der Waals surface area contributed by atoms with Crippen molar-refractivity contribution < 1.29 is 14.8 Å². The van der Waals surface area contributed by atoms with E-state index in [0.717, 1.165) is 18.2 Å². The normalized spacial score (nSPS) is 9.89. The first-order valence-electron chi connectivity index (χ1n) is 5.28. The zero-order chi connectivity index (χ0) is 13.8. The molecule has 2 aromatic rings. The SMILES string of the molecule is O=C(Nc1cc([N+](=O)[O-])ccc1O)c1ccccn1. The first-order valence-corrected chi connectivity index (χ1v) is 5.28. The van der Waals surface area contributed by atoms with Gasteiger partial charge in [0, 0.05) is 18.3 Å². The molecule has 96 valence electrons. The van der Waals surface area contributed by atoms with Gasteiger partial charge in [-0.1, -0.05) is 6.07 Å². The van der Waals surface area contributed by atoms with Crippen LogP contribution in [0, 0.1) is 10.1 Å². The third-order valence-electron chi connectivity index (χ3n) is 2.34. The predicted molar refractivity (Wildman–Crippen MR) is 67.0 cm³/mol. The standard InChI is InChI=1S/C12H9N3O4/c16-11-5-4-8(15(18)19)7-10(11)14-12(17)9-3-1-2-6-13-9/h1-7,16H,(H,14,17). The second-order valence-electron chi connectivity index (χ2n) is 3.63. The van der Waals surface area contributed by atoms with E-state index >= 15 is 0 Å². The Kier molecular flexibility index (Phi) is 3.37. The molecule has 0 radical (unpaired) electrons. The van der Waals surface area contributed by atoms with E-state index in [1.165, 1.54) is 12.3 Å². The summed E-state index contributed by atoms with van der Waals surface area (Å²) >= 11 is 0. The van der Waals surface area contributed by atoms with Crippen molar-refractivity contribution in [1.82, 2.24) is 4.98 Å². The Labute approximate surface area is 107 Å². The van der Waals surface area contributed by atoms with Crippen LogP contribution in [0.15, 0.2) is 42.6 Å². The minimum absolute atomic E-state index is 0.0372. The number of carbonyl (C=O) groups is 1. The largest absolute Gasteiger partial charge is 0.506 e. The van der Waals surface area contributed by atoms with Crippen LogP contribution >= 0.6 is 0 Å². The van der Waals surface area contributed by atoms with Crippen LogP contribution in [0.25, 0.3) is 0 Å². The molecule has 0 aliphatic heterocycles. The van der Waals surface area contributed by atoms with E-state index in [1.807, 2.05) is 0 Å². The predicted octanol–water partition coefficient (Wildman–Crippen LogP) is 1.95. The third-order valence-corrected chi connectivity index (χ3v) is 2.34. The molecular weight excluding hydrogens is 250 g/mol. The molecule has 2 N–H and O–H groups in total. The van der Waals surface area contributed by atoms with Crippen LogP contribution in [0.1, 0.15) is 10.5 Å². The molecule has 2 rings (SSSR count). The lowest BCUT2D eigenvalue weighted by molar-refractivity contribution is -0.384. The molecule has 0 fully saturated rings. The summed E-state index contributed by atoms with van der Waals surface area (Å²) in [4.78, 5) is 25.6. The van der Waals surface area contributed by atoms with Crippen LogP contribution in [0.4, 0.5) is 11.4 Å². The smallest absolute Gasteiger partial charge is 0.274 e. The third kappa shape index (κ3) is 2.83. The summed E-state index contributed by atoms with van der Waals surface area (Å²) in [5, 5.41) is 22.5. The van der Waals surface area contributed by atoms with E-state index in [2.05, 4.69) is 10.3 Å². The molecule has 7 nitrogen and oxygen atoms in total. The molecule has 1 aromatic heterocycles. The molecule has 19 heavy (non-hydrogen) atoms.